The Balaban J connectivity index is 1.92. The predicted octanol–water partition coefficient (Wildman–Crippen LogP) is 1.09. The number of carboxylic acid groups (broad SMARTS) is 1. The van der Waals surface area contributed by atoms with Crippen molar-refractivity contribution in [1.29, 1.82) is 0 Å². The Hall–Kier alpha value is -0.940. The van der Waals surface area contributed by atoms with Gasteiger partial charge in [0.1, 0.15) is 4.88 Å². The van der Waals surface area contributed by atoms with Crippen LogP contribution in [0.2, 0.25) is 0 Å². The standard InChI is InChI=1S/C8H10N2O2S/c11-8(12)7-3-6(10-13-7)4-9-5-1-2-5/h3,5,9H,1-2,4H2,(H,11,12). The van der Waals surface area contributed by atoms with E-state index in [-0.39, 0.29) is 0 Å². The lowest BCUT2D eigenvalue weighted by Gasteiger charge is -1.96. The Kier molecular flexibility index (Phi) is 2.28. The van der Waals surface area contributed by atoms with Crippen LogP contribution >= 0.6 is 11.5 Å². The second kappa shape index (κ2) is 3.43. The van der Waals surface area contributed by atoms with E-state index in [0.29, 0.717) is 17.5 Å². The first kappa shape index (κ1) is 8.65. The Morgan fingerprint density at radius 2 is 2.54 bits per heavy atom. The minimum Gasteiger partial charge on any atom is -0.477 e. The van der Waals surface area contributed by atoms with Gasteiger partial charge in [-0.05, 0) is 30.4 Å². The molecule has 2 N–H and O–H groups in total. The van der Waals surface area contributed by atoms with Gasteiger partial charge >= 0.3 is 5.97 Å². The van der Waals surface area contributed by atoms with Gasteiger partial charge in [0.25, 0.3) is 0 Å². The van der Waals surface area contributed by atoms with Gasteiger partial charge in [0.05, 0.1) is 5.69 Å². The predicted molar refractivity (Wildman–Crippen MR) is 48.9 cm³/mol. The van der Waals surface area contributed by atoms with Crippen LogP contribution < -0.4 is 5.32 Å². The van der Waals surface area contributed by atoms with Crippen molar-refractivity contribution in [3.63, 3.8) is 0 Å². The summed E-state index contributed by atoms with van der Waals surface area (Å²) >= 11 is 1.04. The number of aromatic nitrogens is 1. The Labute approximate surface area is 79.8 Å². The van der Waals surface area contributed by atoms with Gasteiger partial charge in [-0.3, -0.25) is 0 Å². The molecule has 2 rings (SSSR count). The summed E-state index contributed by atoms with van der Waals surface area (Å²) in [6, 6.07) is 2.26. The van der Waals surface area contributed by atoms with Gasteiger partial charge in [0.2, 0.25) is 0 Å². The molecule has 1 saturated carbocycles. The van der Waals surface area contributed by atoms with Crippen molar-refractivity contribution in [2.75, 3.05) is 0 Å². The highest BCUT2D eigenvalue weighted by Crippen LogP contribution is 2.19. The first-order chi connectivity index (χ1) is 6.25. The summed E-state index contributed by atoms with van der Waals surface area (Å²) < 4.78 is 4.04. The van der Waals surface area contributed by atoms with Crippen LogP contribution in [0.1, 0.15) is 28.2 Å². The van der Waals surface area contributed by atoms with Crippen LogP contribution in [0.3, 0.4) is 0 Å². The lowest BCUT2D eigenvalue weighted by atomic mass is 10.3. The lowest BCUT2D eigenvalue weighted by Crippen LogP contribution is -2.15. The van der Waals surface area contributed by atoms with E-state index in [9.17, 15) is 4.79 Å². The van der Waals surface area contributed by atoms with Gasteiger partial charge < -0.3 is 10.4 Å². The monoisotopic (exact) mass is 198 g/mol. The summed E-state index contributed by atoms with van der Waals surface area (Å²) in [5, 5.41) is 11.9. The zero-order chi connectivity index (χ0) is 9.26. The van der Waals surface area contributed by atoms with Crippen molar-refractivity contribution >= 4 is 17.5 Å². The van der Waals surface area contributed by atoms with Gasteiger partial charge in [-0.1, -0.05) is 0 Å². The van der Waals surface area contributed by atoms with Crippen LogP contribution in [0.4, 0.5) is 0 Å². The summed E-state index contributed by atoms with van der Waals surface area (Å²) in [4.78, 5) is 10.8. The van der Waals surface area contributed by atoms with Crippen LogP contribution in [-0.4, -0.2) is 21.5 Å². The summed E-state index contributed by atoms with van der Waals surface area (Å²) in [5.41, 5.74) is 0.828. The van der Waals surface area contributed by atoms with Gasteiger partial charge in [-0.2, -0.15) is 4.37 Å². The van der Waals surface area contributed by atoms with E-state index in [1.807, 2.05) is 0 Å². The number of nitrogens with zero attached hydrogens (tertiary/aromatic N) is 1. The number of rotatable bonds is 4. The second-order valence-electron chi connectivity index (χ2n) is 3.14. The van der Waals surface area contributed by atoms with Crippen molar-refractivity contribution in [2.24, 2.45) is 0 Å². The molecule has 0 atom stereocenters. The quantitative estimate of drug-likeness (QED) is 0.760. The number of aromatic carboxylic acids is 1. The second-order valence-corrected chi connectivity index (χ2v) is 3.95. The van der Waals surface area contributed by atoms with Gasteiger partial charge in [-0.25, -0.2) is 4.79 Å². The molecule has 1 aromatic rings. The summed E-state index contributed by atoms with van der Waals surface area (Å²) in [5.74, 6) is -0.893. The van der Waals surface area contributed by atoms with Gasteiger partial charge in [-0.15, -0.1) is 0 Å². The third kappa shape index (κ3) is 2.26. The van der Waals surface area contributed by atoms with E-state index in [4.69, 9.17) is 5.11 Å². The Morgan fingerprint density at radius 3 is 3.08 bits per heavy atom. The maximum Gasteiger partial charge on any atom is 0.347 e. The van der Waals surface area contributed by atoms with Crippen LogP contribution in [0.15, 0.2) is 6.07 Å². The molecule has 0 amide bonds. The third-order valence-electron chi connectivity index (χ3n) is 1.92. The number of carbonyl (C=O) groups is 1. The van der Waals surface area contributed by atoms with Gasteiger partial charge in [0, 0.05) is 12.6 Å². The molecule has 0 saturated heterocycles. The van der Waals surface area contributed by atoms with E-state index < -0.39 is 5.97 Å². The minimum absolute atomic E-state index is 0.313. The Bertz CT molecular complexity index is 320. The van der Waals surface area contributed by atoms with Crippen molar-refractivity contribution in [2.45, 2.75) is 25.4 Å². The summed E-state index contributed by atoms with van der Waals surface area (Å²) in [6.07, 6.45) is 2.46. The number of hydrogen-bond acceptors (Lipinski definition) is 4. The van der Waals surface area contributed by atoms with Crippen molar-refractivity contribution in [3.8, 4) is 0 Å². The molecular weight excluding hydrogens is 188 g/mol. The highest BCUT2D eigenvalue weighted by Gasteiger charge is 2.20. The molecule has 13 heavy (non-hydrogen) atoms. The largest absolute Gasteiger partial charge is 0.477 e. The fourth-order valence-corrected chi connectivity index (χ4v) is 1.63. The topological polar surface area (TPSA) is 62.2 Å². The van der Waals surface area contributed by atoms with E-state index in [2.05, 4.69) is 9.69 Å². The first-order valence-corrected chi connectivity index (χ1v) is 4.95. The Morgan fingerprint density at radius 1 is 1.77 bits per heavy atom. The molecular formula is C8H10N2O2S. The fraction of sp³-hybridized carbons (Fsp3) is 0.500. The molecule has 5 heteroatoms. The highest BCUT2D eigenvalue weighted by molar-refractivity contribution is 7.08. The summed E-state index contributed by atoms with van der Waals surface area (Å²) in [6.45, 7) is 0.689. The van der Waals surface area contributed by atoms with Crippen molar-refractivity contribution < 1.29 is 9.90 Å². The highest BCUT2D eigenvalue weighted by atomic mass is 32.1. The molecule has 1 fully saturated rings. The molecule has 0 aliphatic heterocycles. The molecule has 4 nitrogen and oxygen atoms in total. The molecule has 1 heterocycles. The lowest BCUT2D eigenvalue weighted by molar-refractivity contribution is 0.0702. The van der Waals surface area contributed by atoms with Crippen molar-refractivity contribution in [1.82, 2.24) is 9.69 Å². The van der Waals surface area contributed by atoms with E-state index in [1.54, 1.807) is 6.07 Å². The molecule has 1 aromatic heterocycles. The minimum atomic E-state index is -0.893. The molecule has 1 aliphatic rings. The molecule has 1 aliphatic carbocycles. The van der Waals surface area contributed by atoms with Crippen molar-refractivity contribution in [3.05, 3.63) is 16.6 Å². The smallest absolute Gasteiger partial charge is 0.347 e. The molecule has 0 spiro atoms. The average molecular weight is 198 g/mol. The molecule has 0 bridgehead atoms. The maximum absolute atomic E-state index is 10.5. The molecule has 0 unspecified atom stereocenters. The molecule has 70 valence electrons. The van der Waals surface area contributed by atoms with Crippen LogP contribution in [0.25, 0.3) is 0 Å². The van der Waals surface area contributed by atoms with E-state index in [1.165, 1.54) is 12.8 Å². The first-order valence-electron chi connectivity index (χ1n) is 4.18. The van der Waals surface area contributed by atoms with Gasteiger partial charge in [0.15, 0.2) is 0 Å². The number of carboxylic acids is 1. The van der Waals surface area contributed by atoms with Crippen LogP contribution in [0, 0.1) is 0 Å². The fourth-order valence-electron chi connectivity index (χ4n) is 1.03. The zero-order valence-corrected chi connectivity index (χ0v) is 7.80. The third-order valence-corrected chi connectivity index (χ3v) is 2.73. The number of hydrogen-bond donors (Lipinski definition) is 2. The normalized spacial score (nSPS) is 16.0. The van der Waals surface area contributed by atoms with Crippen LogP contribution in [0.5, 0.6) is 0 Å². The SMILES string of the molecule is O=C(O)c1cc(CNC2CC2)ns1. The molecule has 0 aromatic carbocycles. The number of nitrogens with one attached hydrogen (secondary N) is 1. The maximum atomic E-state index is 10.5. The van der Waals surface area contributed by atoms with Crippen LogP contribution in [-0.2, 0) is 6.54 Å². The molecule has 0 radical (unpaired) electrons. The summed E-state index contributed by atoms with van der Waals surface area (Å²) in [7, 11) is 0. The zero-order valence-electron chi connectivity index (χ0n) is 6.99. The van der Waals surface area contributed by atoms with E-state index >= 15 is 0 Å². The average Bonchev–Trinajstić information content (AvgIpc) is 2.79. The van der Waals surface area contributed by atoms with E-state index in [0.717, 1.165) is 17.2 Å².